The zero-order valence-corrected chi connectivity index (χ0v) is 12.9. The number of fused-ring (bicyclic) bond motifs is 1. The summed E-state index contributed by atoms with van der Waals surface area (Å²) >= 11 is 1.46. The van der Waals surface area contributed by atoms with Crippen molar-refractivity contribution in [3.63, 3.8) is 0 Å². The maximum Gasteiger partial charge on any atom is 0.186 e. The molecule has 1 aromatic heterocycles. The number of aldehydes is 1. The molecule has 4 nitrogen and oxygen atoms in total. The summed E-state index contributed by atoms with van der Waals surface area (Å²) in [4.78, 5) is 18.7. The van der Waals surface area contributed by atoms with Crippen LogP contribution >= 0.6 is 11.3 Å². The normalized spacial score (nSPS) is 14.6. The van der Waals surface area contributed by atoms with Gasteiger partial charge in [-0.15, -0.1) is 0 Å². The molecule has 0 saturated carbocycles. The van der Waals surface area contributed by atoms with Gasteiger partial charge in [0.1, 0.15) is 0 Å². The molecule has 3 rings (SSSR count). The highest BCUT2D eigenvalue weighted by Crippen LogP contribution is 2.28. The first kappa shape index (κ1) is 14.2. The Morgan fingerprint density at radius 2 is 1.95 bits per heavy atom. The van der Waals surface area contributed by atoms with Gasteiger partial charge >= 0.3 is 0 Å². The van der Waals surface area contributed by atoms with Crippen molar-refractivity contribution in [2.45, 2.75) is 19.4 Å². The summed E-state index contributed by atoms with van der Waals surface area (Å²) in [6.07, 6.45) is 2.92. The van der Waals surface area contributed by atoms with Gasteiger partial charge in [0.15, 0.2) is 11.4 Å². The topological polar surface area (TPSA) is 42.4 Å². The third-order valence-corrected chi connectivity index (χ3v) is 4.88. The third-order valence-electron chi connectivity index (χ3n) is 3.80. The predicted octanol–water partition coefficient (Wildman–Crippen LogP) is 2.71. The number of methoxy groups -OCH3 is 1. The standard InChI is InChI=1S/C16H18N2O2S/c1-20-11-14-15(10-19)21-16(17-14)18-8-6-12-4-2-3-5-13(12)7-9-18/h2-5,10H,6-9,11H2,1H3. The number of carbonyl (C=O) groups excluding carboxylic acids is 1. The van der Waals surface area contributed by atoms with E-state index in [-0.39, 0.29) is 0 Å². The van der Waals surface area contributed by atoms with E-state index in [0.717, 1.165) is 43.0 Å². The number of hydrogen-bond acceptors (Lipinski definition) is 5. The molecule has 1 aliphatic heterocycles. The number of rotatable bonds is 4. The van der Waals surface area contributed by atoms with Crippen molar-refractivity contribution in [2.75, 3.05) is 25.1 Å². The molecule has 0 fully saturated rings. The minimum absolute atomic E-state index is 0.388. The van der Waals surface area contributed by atoms with Gasteiger partial charge in [-0.2, -0.15) is 0 Å². The van der Waals surface area contributed by atoms with Crippen LogP contribution in [0.1, 0.15) is 26.5 Å². The van der Waals surface area contributed by atoms with Crippen LogP contribution in [-0.2, 0) is 24.2 Å². The summed E-state index contributed by atoms with van der Waals surface area (Å²) in [5.41, 5.74) is 3.59. The molecule has 2 heterocycles. The Balaban J connectivity index is 1.81. The summed E-state index contributed by atoms with van der Waals surface area (Å²) < 4.78 is 5.11. The number of benzene rings is 1. The van der Waals surface area contributed by atoms with Gasteiger partial charge in [0.2, 0.25) is 0 Å². The molecule has 2 aromatic rings. The van der Waals surface area contributed by atoms with Gasteiger partial charge in [0.25, 0.3) is 0 Å². The van der Waals surface area contributed by atoms with Gasteiger partial charge in [-0.05, 0) is 24.0 Å². The van der Waals surface area contributed by atoms with Crippen LogP contribution in [0.3, 0.4) is 0 Å². The smallest absolute Gasteiger partial charge is 0.186 e. The minimum Gasteiger partial charge on any atom is -0.378 e. The quantitative estimate of drug-likeness (QED) is 0.814. The number of aromatic nitrogens is 1. The lowest BCUT2D eigenvalue weighted by molar-refractivity contribution is 0.112. The summed E-state index contributed by atoms with van der Waals surface area (Å²) in [7, 11) is 1.62. The highest BCUT2D eigenvalue weighted by atomic mass is 32.1. The summed E-state index contributed by atoms with van der Waals surface area (Å²) in [6.45, 7) is 2.27. The maximum atomic E-state index is 11.1. The SMILES string of the molecule is COCc1nc(N2CCc3ccccc3CC2)sc1C=O. The van der Waals surface area contributed by atoms with E-state index in [0.29, 0.717) is 11.5 Å². The molecule has 0 aliphatic carbocycles. The first-order valence-corrected chi connectivity index (χ1v) is 7.89. The molecule has 110 valence electrons. The average Bonchev–Trinajstić information content (AvgIpc) is 2.79. The van der Waals surface area contributed by atoms with Crippen molar-refractivity contribution < 1.29 is 9.53 Å². The van der Waals surface area contributed by atoms with Crippen LogP contribution in [0.15, 0.2) is 24.3 Å². The molecule has 0 bridgehead atoms. The number of thiazole rings is 1. The minimum atomic E-state index is 0.388. The van der Waals surface area contributed by atoms with Crippen LogP contribution in [0.5, 0.6) is 0 Å². The number of nitrogens with zero attached hydrogens (tertiary/aromatic N) is 2. The van der Waals surface area contributed by atoms with Crippen LogP contribution in [0.2, 0.25) is 0 Å². The van der Waals surface area contributed by atoms with E-state index in [1.807, 2.05) is 0 Å². The van der Waals surface area contributed by atoms with Crippen LogP contribution in [0, 0.1) is 0 Å². The Kier molecular flexibility index (Phi) is 4.31. The molecule has 0 atom stereocenters. The Morgan fingerprint density at radius 3 is 2.52 bits per heavy atom. The van der Waals surface area contributed by atoms with Crippen LogP contribution in [0.25, 0.3) is 0 Å². The molecular formula is C16H18N2O2S. The third kappa shape index (κ3) is 2.99. The van der Waals surface area contributed by atoms with Crippen molar-refractivity contribution >= 4 is 22.8 Å². The summed E-state index contributed by atoms with van der Waals surface area (Å²) in [5.74, 6) is 0. The molecule has 1 aliphatic rings. The zero-order chi connectivity index (χ0) is 14.7. The lowest BCUT2D eigenvalue weighted by atomic mass is 10.0. The number of carbonyl (C=O) groups is 1. The fourth-order valence-electron chi connectivity index (χ4n) is 2.68. The van der Waals surface area contributed by atoms with E-state index >= 15 is 0 Å². The van der Waals surface area contributed by atoms with E-state index in [4.69, 9.17) is 4.74 Å². The second-order valence-corrected chi connectivity index (χ2v) is 6.12. The average molecular weight is 302 g/mol. The predicted molar refractivity (Wildman–Crippen MR) is 84.3 cm³/mol. The molecule has 0 saturated heterocycles. The van der Waals surface area contributed by atoms with E-state index in [9.17, 15) is 4.79 Å². The first-order chi connectivity index (χ1) is 10.3. The van der Waals surface area contributed by atoms with Gasteiger partial charge in [-0.3, -0.25) is 4.79 Å². The van der Waals surface area contributed by atoms with Crippen molar-refractivity contribution in [1.29, 1.82) is 0 Å². The van der Waals surface area contributed by atoms with E-state index in [1.165, 1.54) is 22.5 Å². The van der Waals surface area contributed by atoms with Gasteiger partial charge in [-0.1, -0.05) is 35.6 Å². The fourth-order valence-corrected chi connectivity index (χ4v) is 3.61. The Hall–Kier alpha value is -1.72. The lowest BCUT2D eigenvalue weighted by Crippen LogP contribution is -2.25. The van der Waals surface area contributed by atoms with Gasteiger partial charge in [0, 0.05) is 20.2 Å². The first-order valence-electron chi connectivity index (χ1n) is 7.07. The van der Waals surface area contributed by atoms with E-state index < -0.39 is 0 Å². The van der Waals surface area contributed by atoms with Crippen LogP contribution in [-0.4, -0.2) is 31.5 Å². The second kappa shape index (κ2) is 6.37. The van der Waals surface area contributed by atoms with Gasteiger partial charge < -0.3 is 9.64 Å². The van der Waals surface area contributed by atoms with Crippen LogP contribution < -0.4 is 4.90 Å². The number of anilines is 1. The van der Waals surface area contributed by atoms with Gasteiger partial charge in [-0.25, -0.2) is 4.98 Å². The Labute approximate surface area is 128 Å². The molecule has 0 unspecified atom stereocenters. The molecule has 1 aromatic carbocycles. The largest absolute Gasteiger partial charge is 0.378 e. The van der Waals surface area contributed by atoms with Crippen molar-refractivity contribution in [3.8, 4) is 0 Å². The molecule has 21 heavy (non-hydrogen) atoms. The van der Waals surface area contributed by atoms with Crippen molar-refractivity contribution in [1.82, 2.24) is 4.98 Å². The number of hydrogen-bond donors (Lipinski definition) is 0. The monoisotopic (exact) mass is 302 g/mol. The summed E-state index contributed by atoms with van der Waals surface area (Å²) in [5, 5.41) is 0.928. The molecular weight excluding hydrogens is 284 g/mol. The van der Waals surface area contributed by atoms with Gasteiger partial charge in [0.05, 0.1) is 17.2 Å². The molecule has 0 radical (unpaired) electrons. The van der Waals surface area contributed by atoms with E-state index in [1.54, 1.807) is 7.11 Å². The lowest BCUT2D eigenvalue weighted by Gasteiger charge is -2.18. The second-order valence-electron chi connectivity index (χ2n) is 5.11. The fraction of sp³-hybridized carbons (Fsp3) is 0.375. The Bertz CT molecular complexity index is 612. The molecule has 0 amide bonds. The zero-order valence-electron chi connectivity index (χ0n) is 12.0. The highest BCUT2D eigenvalue weighted by Gasteiger charge is 2.19. The number of ether oxygens (including phenoxy) is 1. The summed E-state index contributed by atoms with van der Waals surface area (Å²) in [6, 6.07) is 8.60. The molecule has 0 N–H and O–H groups in total. The molecule has 0 spiro atoms. The van der Waals surface area contributed by atoms with Crippen LogP contribution in [0.4, 0.5) is 5.13 Å². The van der Waals surface area contributed by atoms with E-state index in [2.05, 4.69) is 34.1 Å². The van der Waals surface area contributed by atoms with Crippen molar-refractivity contribution in [2.24, 2.45) is 0 Å². The maximum absolute atomic E-state index is 11.1. The molecule has 5 heteroatoms. The van der Waals surface area contributed by atoms with Crippen molar-refractivity contribution in [3.05, 3.63) is 46.0 Å². The highest BCUT2D eigenvalue weighted by molar-refractivity contribution is 7.17. The Morgan fingerprint density at radius 1 is 1.29 bits per heavy atom.